The highest BCUT2D eigenvalue weighted by molar-refractivity contribution is 5.90. The number of carbonyl (C=O) groups is 1. The minimum Gasteiger partial charge on any atom is -0.457 e. The molecule has 0 fully saturated rings. The number of nitrogens with zero attached hydrogens (tertiary/aromatic N) is 1. The van der Waals surface area contributed by atoms with Gasteiger partial charge in [0.25, 0.3) is 0 Å². The number of hydrogen-bond donors (Lipinski definition) is 2. The van der Waals surface area contributed by atoms with Crippen LogP contribution in [0.2, 0.25) is 0 Å². The van der Waals surface area contributed by atoms with Crippen molar-refractivity contribution in [3.05, 3.63) is 90.1 Å². The van der Waals surface area contributed by atoms with Crippen LogP contribution in [0.25, 0.3) is 10.9 Å². The van der Waals surface area contributed by atoms with Gasteiger partial charge < -0.3 is 19.9 Å². The number of anilines is 1. The minimum atomic E-state index is -0.0916. The molecular formula is C24H21N3O2. The summed E-state index contributed by atoms with van der Waals surface area (Å²) < 4.78 is 5.80. The summed E-state index contributed by atoms with van der Waals surface area (Å²) in [6.45, 7) is 1.29. The van der Waals surface area contributed by atoms with E-state index in [9.17, 15) is 4.79 Å². The topological polar surface area (TPSA) is 57.4 Å². The Morgan fingerprint density at radius 1 is 0.897 bits per heavy atom. The Labute approximate surface area is 168 Å². The van der Waals surface area contributed by atoms with Gasteiger partial charge in [0.05, 0.1) is 6.54 Å². The number of aromatic amines is 1. The molecule has 5 rings (SSSR count). The Hall–Kier alpha value is -3.73. The van der Waals surface area contributed by atoms with E-state index in [1.807, 2.05) is 65.6 Å². The maximum Gasteiger partial charge on any atom is 0.322 e. The van der Waals surface area contributed by atoms with E-state index in [4.69, 9.17) is 4.74 Å². The number of benzene rings is 3. The maximum atomic E-state index is 12.7. The van der Waals surface area contributed by atoms with Crippen LogP contribution >= 0.6 is 0 Å². The van der Waals surface area contributed by atoms with E-state index in [0.29, 0.717) is 13.1 Å². The first-order valence-corrected chi connectivity index (χ1v) is 9.73. The van der Waals surface area contributed by atoms with E-state index in [0.717, 1.165) is 34.8 Å². The highest BCUT2D eigenvalue weighted by Crippen LogP contribution is 2.28. The molecular weight excluding hydrogens is 362 g/mol. The number of nitrogens with one attached hydrogen (secondary N) is 2. The fourth-order valence-electron chi connectivity index (χ4n) is 3.80. The first-order chi connectivity index (χ1) is 14.3. The lowest BCUT2D eigenvalue weighted by atomic mass is 10.0. The zero-order valence-corrected chi connectivity index (χ0v) is 15.9. The molecule has 2 N–H and O–H groups in total. The van der Waals surface area contributed by atoms with Crippen molar-refractivity contribution in [3.8, 4) is 11.5 Å². The van der Waals surface area contributed by atoms with E-state index in [1.54, 1.807) is 0 Å². The number of aromatic nitrogens is 1. The molecule has 1 aliphatic rings. The molecule has 1 aromatic heterocycles. The van der Waals surface area contributed by atoms with Crippen molar-refractivity contribution in [2.45, 2.75) is 13.0 Å². The summed E-state index contributed by atoms with van der Waals surface area (Å²) in [4.78, 5) is 18.0. The third-order valence-electron chi connectivity index (χ3n) is 5.25. The molecule has 29 heavy (non-hydrogen) atoms. The molecule has 2 amide bonds. The lowest BCUT2D eigenvalue weighted by Crippen LogP contribution is -2.38. The van der Waals surface area contributed by atoms with Gasteiger partial charge in [0.2, 0.25) is 0 Å². The average molecular weight is 383 g/mol. The molecule has 5 heteroatoms. The van der Waals surface area contributed by atoms with Gasteiger partial charge >= 0.3 is 6.03 Å². The Morgan fingerprint density at radius 3 is 2.45 bits per heavy atom. The van der Waals surface area contributed by atoms with Crippen LogP contribution in [0.15, 0.2) is 78.9 Å². The second-order valence-corrected chi connectivity index (χ2v) is 7.17. The summed E-state index contributed by atoms with van der Waals surface area (Å²) in [6, 6.07) is 25.3. The molecule has 144 valence electrons. The van der Waals surface area contributed by atoms with E-state index in [-0.39, 0.29) is 6.03 Å². The number of para-hydroxylation sites is 2. The van der Waals surface area contributed by atoms with Crippen LogP contribution < -0.4 is 10.1 Å². The molecule has 0 radical (unpaired) electrons. The Bertz CT molecular complexity index is 1150. The molecule has 0 spiro atoms. The molecule has 5 nitrogen and oxygen atoms in total. The maximum absolute atomic E-state index is 12.7. The summed E-state index contributed by atoms with van der Waals surface area (Å²) in [5.74, 6) is 1.52. The summed E-state index contributed by atoms with van der Waals surface area (Å²) in [5, 5.41) is 4.25. The van der Waals surface area contributed by atoms with Crippen molar-refractivity contribution < 1.29 is 9.53 Å². The third kappa shape index (κ3) is 3.55. The van der Waals surface area contributed by atoms with Gasteiger partial charge in [-0.1, -0.05) is 36.4 Å². The van der Waals surface area contributed by atoms with Crippen molar-refractivity contribution in [3.63, 3.8) is 0 Å². The SMILES string of the molecule is O=C(Nc1ccc(Oc2ccccc2)cc1)N1CCc2c([nH]c3ccccc23)C1. The van der Waals surface area contributed by atoms with Crippen molar-refractivity contribution in [1.82, 2.24) is 9.88 Å². The number of hydrogen-bond acceptors (Lipinski definition) is 2. The first-order valence-electron chi connectivity index (χ1n) is 9.73. The summed E-state index contributed by atoms with van der Waals surface area (Å²) in [5.41, 5.74) is 4.33. The van der Waals surface area contributed by atoms with Gasteiger partial charge in [-0.05, 0) is 54.4 Å². The van der Waals surface area contributed by atoms with Crippen LogP contribution in [-0.4, -0.2) is 22.5 Å². The number of carbonyl (C=O) groups excluding carboxylic acids is 1. The van der Waals surface area contributed by atoms with E-state index in [2.05, 4.69) is 28.5 Å². The zero-order chi connectivity index (χ0) is 19.6. The fraction of sp³-hybridized carbons (Fsp3) is 0.125. The molecule has 0 bridgehead atoms. The molecule has 1 aliphatic heterocycles. The molecule has 2 heterocycles. The van der Waals surface area contributed by atoms with Crippen molar-refractivity contribution in [1.29, 1.82) is 0 Å². The van der Waals surface area contributed by atoms with Gasteiger partial charge in [0.15, 0.2) is 0 Å². The minimum absolute atomic E-state index is 0.0916. The van der Waals surface area contributed by atoms with Crippen LogP contribution in [-0.2, 0) is 13.0 Å². The number of fused-ring (bicyclic) bond motifs is 3. The highest BCUT2D eigenvalue weighted by atomic mass is 16.5. The predicted molar refractivity (Wildman–Crippen MR) is 114 cm³/mol. The lowest BCUT2D eigenvalue weighted by molar-refractivity contribution is 0.206. The largest absolute Gasteiger partial charge is 0.457 e. The molecule has 0 unspecified atom stereocenters. The second-order valence-electron chi connectivity index (χ2n) is 7.17. The number of rotatable bonds is 3. The summed E-state index contributed by atoms with van der Waals surface area (Å²) in [7, 11) is 0. The average Bonchev–Trinajstić information content (AvgIpc) is 3.14. The third-order valence-corrected chi connectivity index (χ3v) is 5.25. The van der Waals surface area contributed by atoms with Gasteiger partial charge in [0.1, 0.15) is 11.5 Å². The quantitative estimate of drug-likeness (QED) is 0.487. The molecule has 4 aromatic rings. The fourth-order valence-corrected chi connectivity index (χ4v) is 3.80. The molecule has 0 aliphatic carbocycles. The van der Waals surface area contributed by atoms with Gasteiger partial charge in [-0.15, -0.1) is 0 Å². The molecule has 0 saturated carbocycles. The smallest absolute Gasteiger partial charge is 0.322 e. The van der Waals surface area contributed by atoms with Crippen molar-refractivity contribution in [2.24, 2.45) is 0 Å². The van der Waals surface area contributed by atoms with Crippen molar-refractivity contribution in [2.75, 3.05) is 11.9 Å². The van der Waals surface area contributed by atoms with Gasteiger partial charge in [-0.2, -0.15) is 0 Å². The standard InChI is InChI=1S/C24H21N3O2/c28-24(25-17-10-12-19(13-11-17)29-18-6-2-1-3-7-18)27-15-14-21-20-8-4-5-9-22(20)26-23(21)16-27/h1-13,26H,14-16H2,(H,25,28). The van der Waals surface area contributed by atoms with Crippen molar-refractivity contribution >= 4 is 22.6 Å². The van der Waals surface area contributed by atoms with Gasteiger partial charge in [-0.25, -0.2) is 4.79 Å². The second kappa shape index (κ2) is 7.36. The van der Waals surface area contributed by atoms with Crippen LogP contribution in [0.5, 0.6) is 11.5 Å². The highest BCUT2D eigenvalue weighted by Gasteiger charge is 2.23. The summed E-state index contributed by atoms with van der Waals surface area (Å²) >= 11 is 0. The Balaban J connectivity index is 1.25. The molecule has 3 aromatic carbocycles. The van der Waals surface area contributed by atoms with E-state index >= 15 is 0 Å². The summed E-state index contributed by atoms with van der Waals surface area (Å²) in [6.07, 6.45) is 0.858. The number of H-pyrrole nitrogens is 1. The molecule has 0 saturated heterocycles. The van der Waals surface area contributed by atoms with Crippen LogP contribution in [0.4, 0.5) is 10.5 Å². The monoisotopic (exact) mass is 383 g/mol. The normalized spacial score (nSPS) is 13.2. The van der Waals surface area contributed by atoms with Gasteiger partial charge in [0, 0.05) is 28.8 Å². The van der Waals surface area contributed by atoms with Crippen LogP contribution in [0.3, 0.4) is 0 Å². The predicted octanol–water partition coefficient (Wildman–Crippen LogP) is 5.55. The zero-order valence-electron chi connectivity index (χ0n) is 15.9. The van der Waals surface area contributed by atoms with Crippen LogP contribution in [0, 0.1) is 0 Å². The van der Waals surface area contributed by atoms with Crippen LogP contribution in [0.1, 0.15) is 11.3 Å². The number of amides is 2. The Morgan fingerprint density at radius 2 is 1.62 bits per heavy atom. The Kier molecular flexibility index (Phi) is 4.41. The number of urea groups is 1. The van der Waals surface area contributed by atoms with E-state index in [1.165, 1.54) is 10.9 Å². The lowest BCUT2D eigenvalue weighted by Gasteiger charge is -2.27. The number of ether oxygens (including phenoxy) is 1. The first kappa shape index (κ1) is 17.4. The van der Waals surface area contributed by atoms with E-state index < -0.39 is 0 Å². The van der Waals surface area contributed by atoms with Gasteiger partial charge in [-0.3, -0.25) is 0 Å². The molecule has 0 atom stereocenters.